The molecule has 1 aliphatic rings. The SMILES string of the molecule is Cc1c(Cl)ccc2c1NC(CCN)CC2. The standard InChI is InChI=1S/C12H17ClN2/c1-8-11(13)5-3-9-2-4-10(6-7-14)15-12(8)9/h3,5,10,15H,2,4,6-7,14H2,1H3. The number of rotatable bonds is 2. The van der Waals surface area contributed by atoms with Crippen LogP contribution in [-0.2, 0) is 6.42 Å². The van der Waals surface area contributed by atoms with Gasteiger partial charge in [-0.2, -0.15) is 0 Å². The van der Waals surface area contributed by atoms with Crippen LogP contribution < -0.4 is 11.1 Å². The zero-order valence-corrected chi connectivity index (χ0v) is 9.77. The summed E-state index contributed by atoms with van der Waals surface area (Å²) in [6.45, 7) is 2.81. The van der Waals surface area contributed by atoms with Crippen LogP contribution in [0.4, 0.5) is 5.69 Å². The minimum absolute atomic E-state index is 0.514. The van der Waals surface area contributed by atoms with Crippen LogP contribution in [0.15, 0.2) is 12.1 Å². The third-order valence-electron chi connectivity index (χ3n) is 3.11. The first-order valence-electron chi connectivity index (χ1n) is 5.47. The van der Waals surface area contributed by atoms with E-state index in [0.717, 1.165) is 30.0 Å². The molecule has 0 radical (unpaired) electrons. The Labute approximate surface area is 95.8 Å². The minimum atomic E-state index is 0.514. The second-order valence-electron chi connectivity index (χ2n) is 4.16. The molecular formula is C12H17ClN2. The van der Waals surface area contributed by atoms with Gasteiger partial charge in [-0.05, 0) is 49.9 Å². The Hall–Kier alpha value is -0.730. The van der Waals surface area contributed by atoms with Crippen LogP contribution in [0.3, 0.4) is 0 Å². The van der Waals surface area contributed by atoms with Gasteiger partial charge in [-0.3, -0.25) is 0 Å². The number of aryl methyl sites for hydroxylation is 1. The van der Waals surface area contributed by atoms with Gasteiger partial charge in [-0.1, -0.05) is 17.7 Å². The summed E-state index contributed by atoms with van der Waals surface area (Å²) in [7, 11) is 0. The van der Waals surface area contributed by atoms with Crippen molar-refractivity contribution in [3.63, 3.8) is 0 Å². The topological polar surface area (TPSA) is 38.0 Å². The number of hydrogen-bond acceptors (Lipinski definition) is 2. The molecule has 1 aliphatic heterocycles. The van der Waals surface area contributed by atoms with E-state index in [9.17, 15) is 0 Å². The molecule has 0 aromatic heterocycles. The van der Waals surface area contributed by atoms with Gasteiger partial charge in [0.05, 0.1) is 0 Å². The maximum Gasteiger partial charge on any atom is 0.0455 e. The van der Waals surface area contributed by atoms with Crippen LogP contribution in [0.2, 0.25) is 5.02 Å². The number of nitrogens with two attached hydrogens (primary N) is 1. The first-order chi connectivity index (χ1) is 7.22. The number of anilines is 1. The van der Waals surface area contributed by atoms with Crippen molar-refractivity contribution in [3.8, 4) is 0 Å². The van der Waals surface area contributed by atoms with E-state index in [2.05, 4.69) is 18.3 Å². The summed E-state index contributed by atoms with van der Waals surface area (Å²) in [4.78, 5) is 0. The summed E-state index contributed by atoms with van der Waals surface area (Å²) in [5, 5.41) is 4.38. The summed E-state index contributed by atoms with van der Waals surface area (Å²) in [5.41, 5.74) is 9.35. The first kappa shape index (κ1) is 10.8. The monoisotopic (exact) mass is 224 g/mol. The van der Waals surface area contributed by atoms with Crippen LogP contribution in [-0.4, -0.2) is 12.6 Å². The fourth-order valence-electron chi connectivity index (χ4n) is 2.18. The van der Waals surface area contributed by atoms with Crippen molar-refractivity contribution in [1.29, 1.82) is 0 Å². The van der Waals surface area contributed by atoms with Crippen molar-refractivity contribution in [1.82, 2.24) is 0 Å². The van der Waals surface area contributed by atoms with Crippen LogP contribution in [0.25, 0.3) is 0 Å². The molecule has 3 N–H and O–H groups in total. The molecule has 0 saturated carbocycles. The Morgan fingerprint density at radius 2 is 2.33 bits per heavy atom. The zero-order chi connectivity index (χ0) is 10.8. The molecule has 0 saturated heterocycles. The number of fused-ring (bicyclic) bond motifs is 1. The minimum Gasteiger partial charge on any atom is -0.382 e. The highest BCUT2D eigenvalue weighted by Gasteiger charge is 2.19. The molecule has 0 spiro atoms. The third kappa shape index (κ3) is 2.11. The van der Waals surface area contributed by atoms with E-state index in [-0.39, 0.29) is 0 Å². The van der Waals surface area contributed by atoms with Gasteiger partial charge in [0, 0.05) is 16.8 Å². The molecule has 1 aromatic carbocycles. The maximum absolute atomic E-state index is 6.11. The van der Waals surface area contributed by atoms with Gasteiger partial charge < -0.3 is 11.1 Å². The second kappa shape index (κ2) is 4.42. The van der Waals surface area contributed by atoms with Crippen molar-refractivity contribution >= 4 is 17.3 Å². The first-order valence-corrected chi connectivity index (χ1v) is 5.84. The molecule has 2 rings (SSSR count). The lowest BCUT2D eigenvalue weighted by Crippen LogP contribution is -2.28. The Balaban J connectivity index is 2.27. The molecule has 0 bridgehead atoms. The molecule has 1 aromatic rings. The molecule has 1 unspecified atom stereocenters. The Morgan fingerprint density at radius 3 is 3.07 bits per heavy atom. The lowest BCUT2D eigenvalue weighted by Gasteiger charge is -2.28. The van der Waals surface area contributed by atoms with Crippen LogP contribution in [0.5, 0.6) is 0 Å². The maximum atomic E-state index is 6.11. The van der Waals surface area contributed by atoms with E-state index >= 15 is 0 Å². The lowest BCUT2D eigenvalue weighted by atomic mass is 9.94. The van der Waals surface area contributed by atoms with Gasteiger partial charge in [0.15, 0.2) is 0 Å². The van der Waals surface area contributed by atoms with Gasteiger partial charge in [-0.15, -0.1) is 0 Å². The van der Waals surface area contributed by atoms with E-state index in [4.69, 9.17) is 17.3 Å². The van der Waals surface area contributed by atoms with E-state index in [1.54, 1.807) is 0 Å². The van der Waals surface area contributed by atoms with Gasteiger partial charge in [0.25, 0.3) is 0 Å². The van der Waals surface area contributed by atoms with Crippen molar-refractivity contribution < 1.29 is 0 Å². The van der Waals surface area contributed by atoms with Crippen molar-refractivity contribution in [2.45, 2.75) is 32.2 Å². The number of benzene rings is 1. The van der Waals surface area contributed by atoms with Crippen LogP contribution >= 0.6 is 11.6 Å². The Morgan fingerprint density at radius 1 is 1.53 bits per heavy atom. The molecule has 0 aliphatic carbocycles. The summed E-state index contributed by atoms with van der Waals surface area (Å²) in [6.07, 6.45) is 3.33. The quantitative estimate of drug-likeness (QED) is 0.811. The van der Waals surface area contributed by atoms with E-state index < -0.39 is 0 Å². The van der Waals surface area contributed by atoms with Crippen LogP contribution in [0, 0.1) is 6.92 Å². The predicted octanol–water partition coefficient (Wildman–Crippen LogP) is 2.72. The molecule has 15 heavy (non-hydrogen) atoms. The fraction of sp³-hybridized carbons (Fsp3) is 0.500. The fourth-order valence-corrected chi connectivity index (χ4v) is 2.33. The van der Waals surface area contributed by atoms with Gasteiger partial charge in [-0.25, -0.2) is 0 Å². The van der Waals surface area contributed by atoms with Gasteiger partial charge in [0.1, 0.15) is 0 Å². The summed E-state index contributed by atoms with van der Waals surface area (Å²) in [5.74, 6) is 0. The zero-order valence-electron chi connectivity index (χ0n) is 9.02. The van der Waals surface area contributed by atoms with Gasteiger partial charge >= 0.3 is 0 Å². The summed E-state index contributed by atoms with van der Waals surface area (Å²) in [6, 6.07) is 4.62. The molecule has 2 nitrogen and oxygen atoms in total. The lowest BCUT2D eigenvalue weighted by molar-refractivity contribution is 0.593. The highest BCUT2D eigenvalue weighted by Crippen LogP contribution is 2.32. The Kier molecular flexibility index (Phi) is 3.17. The predicted molar refractivity (Wildman–Crippen MR) is 65.6 cm³/mol. The second-order valence-corrected chi connectivity index (χ2v) is 4.57. The smallest absolute Gasteiger partial charge is 0.0455 e. The number of hydrogen-bond donors (Lipinski definition) is 2. The third-order valence-corrected chi connectivity index (χ3v) is 3.52. The molecule has 0 amide bonds. The molecule has 82 valence electrons. The molecular weight excluding hydrogens is 208 g/mol. The van der Waals surface area contributed by atoms with Gasteiger partial charge in [0.2, 0.25) is 0 Å². The van der Waals surface area contributed by atoms with Crippen LogP contribution in [0.1, 0.15) is 24.0 Å². The number of halogens is 1. The molecule has 3 heteroatoms. The summed E-state index contributed by atoms with van der Waals surface area (Å²) < 4.78 is 0. The van der Waals surface area contributed by atoms with E-state index in [1.807, 2.05) is 6.07 Å². The molecule has 0 fully saturated rings. The largest absolute Gasteiger partial charge is 0.382 e. The van der Waals surface area contributed by atoms with Crippen molar-refractivity contribution in [3.05, 3.63) is 28.3 Å². The van der Waals surface area contributed by atoms with E-state index in [0.29, 0.717) is 6.04 Å². The normalized spacial score (nSPS) is 19.5. The highest BCUT2D eigenvalue weighted by molar-refractivity contribution is 6.31. The van der Waals surface area contributed by atoms with Crippen molar-refractivity contribution in [2.24, 2.45) is 5.73 Å². The average molecular weight is 225 g/mol. The summed E-state index contributed by atoms with van der Waals surface area (Å²) >= 11 is 6.11. The average Bonchev–Trinajstić information content (AvgIpc) is 2.25. The molecule has 1 heterocycles. The van der Waals surface area contributed by atoms with Crippen molar-refractivity contribution in [2.75, 3.05) is 11.9 Å². The van der Waals surface area contributed by atoms with E-state index in [1.165, 1.54) is 17.7 Å². The Bertz CT molecular complexity index is 363. The number of nitrogens with one attached hydrogen (secondary N) is 1. The highest BCUT2D eigenvalue weighted by atomic mass is 35.5. The molecule has 1 atom stereocenters.